The van der Waals surface area contributed by atoms with Gasteiger partial charge in [0.25, 0.3) is 0 Å². The zero-order valence-electron chi connectivity index (χ0n) is 44.5. The Bertz CT molecular complexity index is 4040. The van der Waals surface area contributed by atoms with Crippen LogP contribution in [0.5, 0.6) is 0 Å². The standard InChI is InChI=1S/C26H22F3N7O2.C26H23F3N6O2.C4H10N2/c1-33-21-14-30-12-18(19(21)13-32-33)16-6-8-17(9-7-16)36-24-20(4-2-10-31-24)35(25(36)38)15-23(37)34-11-3-5-22(34)26(27,28)29;1-16(11-26(27,28)29)32-24(36)15-34-21-5-3-4-6-22(21)35(25(34)37)18-9-7-17(8-10-18)19-12-30-14-23-20(19)13-31-33(23)2;1-5-3-4-6-2/h2,4,6-10,12-14,22H,3,5,11,15H2,1H3;3-10,12-14,16H,11,15H2,1-2H3,(H,32,36);3,6H,4H2,1-2H3. The van der Waals surface area contributed by atoms with E-state index in [1.54, 1.807) is 114 Å². The number of rotatable bonds is 12. The number of alkyl halides is 6. The summed E-state index contributed by atoms with van der Waals surface area (Å²) in [6.07, 6.45) is 3.95. The summed E-state index contributed by atoms with van der Waals surface area (Å²) < 4.78 is 87.0. The van der Waals surface area contributed by atoms with Crippen LogP contribution in [0.15, 0.2) is 143 Å². The van der Waals surface area contributed by atoms with Crippen molar-refractivity contribution in [3.63, 3.8) is 0 Å². The minimum Gasteiger partial charge on any atom is -0.352 e. The number of hydrogen-bond acceptors (Lipinski definition) is 11. The lowest BCUT2D eigenvalue weighted by Gasteiger charge is -2.26. The zero-order valence-corrected chi connectivity index (χ0v) is 44.5. The van der Waals surface area contributed by atoms with E-state index in [-0.39, 0.29) is 19.4 Å². The molecule has 25 heteroatoms. The number of imidazole rings is 2. The third-order valence-corrected chi connectivity index (χ3v) is 13.7. The number of carbonyl (C=O) groups excluding carboxylic acids is 2. The van der Waals surface area contributed by atoms with Crippen molar-refractivity contribution in [1.29, 1.82) is 0 Å². The quantitative estimate of drug-likeness (QED) is 0.0899. The number of carbonyl (C=O) groups is 2. The number of nitrogens with one attached hydrogen (secondary N) is 2. The van der Waals surface area contributed by atoms with Crippen LogP contribution in [0, 0.1) is 0 Å². The molecule has 11 rings (SSSR count). The number of aliphatic imine (C=N–C) groups is 1. The van der Waals surface area contributed by atoms with Gasteiger partial charge in [-0.25, -0.2) is 19.1 Å². The van der Waals surface area contributed by atoms with Crippen LogP contribution in [0.2, 0.25) is 0 Å². The number of halogens is 6. The fraction of sp³-hybridized carbons (Fsp3) is 0.286. The Labute approximate surface area is 457 Å². The van der Waals surface area contributed by atoms with Crippen molar-refractivity contribution < 1.29 is 35.9 Å². The first-order valence-electron chi connectivity index (χ1n) is 25.5. The molecule has 2 N–H and O–H groups in total. The topological polar surface area (TPSA) is 202 Å². The molecular formula is C56H55F6N15O4. The van der Waals surface area contributed by atoms with E-state index in [0.29, 0.717) is 33.6 Å². The first kappa shape index (κ1) is 56.5. The molecule has 3 aromatic carbocycles. The Morgan fingerprint density at radius 1 is 0.704 bits per heavy atom. The predicted molar refractivity (Wildman–Crippen MR) is 295 cm³/mol. The third kappa shape index (κ3) is 12.0. The lowest BCUT2D eigenvalue weighted by molar-refractivity contribution is -0.182. The lowest BCUT2D eigenvalue weighted by Crippen LogP contribution is -2.46. The van der Waals surface area contributed by atoms with Crippen LogP contribution in [0.4, 0.5) is 26.3 Å². The second-order valence-corrected chi connectivity index (χ2v) is 19.2. The molecule has 8 heterocycles. The van der Waals surface area contributed by atoms with Crippen LogP contribution in [-0.4, -0.2) is 127 Å². The van der Waals surface area contributed by atoms with Crippen molar-refractivity contribution in [3.8, 4) is 33.6 Å². The highest BCUT2D eigenvalue weighted by Gasteiger charge is 2.47. The molecule has 81 heavy (non-hydrogen) atoms. The first-order chi connectivity index (χ1) is 38.8. The fourth-order valence-electron chi connectivity index (χ4n) is 9.92. The van der Waals surface area contributed by atoms with E-state index in [9.17, 15) is 45.5 Å². The van der Waals surface area contributed by atoms with Gasteiger partial charge in [-0.2, -0.15) is 36.5 Å². The molecule has 0 aliphatic carbocycles. The maximum atomic E-state index is 13.5. The number of likely N-dealkylation sites (tertiary alicyclic amines) is 1. The summed E-state index contributed by atoms with van der Waals surface area (Å²) in [5, 5.41) is 15.7. The normalized spacial score (nSPS) is 14.2. The molecule has 0 radical (unpaired) electrons. The van der Waals surface area contributed by atoms with E-state index in [0.717, 1.165) is 55.5 Å². The van der Waals surface area contributed by atoms with Crippen LogP contribution in [-0.2, 0) is 36.8 Å². The van der Waals surface area contributed by atoms with Crippen molar-refractivity contribution in [3.05, 3.63) is 149 Å². The number of nitrogens with zero attached hydrogens (tertiary/aromatic N) is 13. The smallest absolute Gasteiger partial charge is 0.352 e. The molecule has 1 aliphatic heterocycles. The third-order valence-electron chi connectivity index (χ3n) is 13.7. The van der Waals surface area contributed by atoms with Gasteiger partial charge in [-0.05, 0) is 86.5 Å². The Balaban J connectivity index is 0.000000178. The highest BCUT2D eigenvalue weighted by Crippen LogP contribution is 2.34. The summed E-state index contributed by atoms with van der Waals surface area (Å²) in [6, 6.07) is 21.8. The molecule has 420 valence electrons. The highest BCUT2D eigenvalue weighted by atomic mass is 19.4. The van der Waals surface area contributed by atoms with E-state index in [1.165, 1.54) is 31.4 Å². The number of amides is 2. The first-order valence-corrected chi connectivity index (χ1v) is 25.5. The number of fused-ring (bicyclic) bond motifs is 4. The van der Waals surface area contributed by atoms with E-state index in [4.69, 9.17) is 0 Å². The van der Waals surface area contributed by atoms with Gasteiger partial charge in [-0.3, -0.25) is 47.6 Å². The van der Waals surface area contributed by atoms with Crippen molar-refractivity contribution in [2.45, 2.75) is 63.7 Å². The number of benzene rings is 3. The van der Waals surface area contributed by atoms with Gasteiger partial charge in [-0.1, -0.05) is 36.4 Å². The molecule has 2 atom stereocenters. The molecule has 10 aromatic rings. The van der Waals surface area contributed by atoms with E-state index in [2.05, 4.69) is 40.8 Å². The largest absolute Gasteiger partial charge is 0.408 e. The number of aromatic nitrogens is 11. The van der Waals surface area contributed by atoms with Crippen molar-refractivity contribution >= 4 is 62.0 Å². The number of para-hydroxylation sites is 2. The van der Waals surface area contributed by atoms with Crippen molar-refractivity contribution in [1.82, 2.24) is 68.3 Å². The number of pyridine rings is 3. The molecule has 0 bridgehead atoms. The van der Waals surface area contributed by atoms with E-state index in [1.807, 2.05) is 51.6 Å². The highest BCUT2D eigenvalue weighted by molar-refractivity contribution is 5.95. The summed E-state index contributed by atoms with van der Waals surface area (Å²) in [5.74, 6) is -1.42. The number of hydrogen-bond donors (Lipinski definition) is 2. The van der Waals surface area contributed by atoms with Crippen molar-refractivity contribution in [2.75, 3.05) is 27.2 Å². The van der Waals surface area contributed by atoms with Gasteiger partial charge in [0.2, 0.25) is 11.8 Å². The molecule has 0 saturated carbocycles. The van der Waals surface area contributed by atoms with Gasteiger partial charge in [0.1, 0.15) is 19.1 Å². The number of aryl methyl sites for hydroxylation is 2. The van der Waals surface area contributed by atoms with Crippen LogP contribution in [0.3, 0.4) is 0 Å². The Morgan fingerprint density at radius 3 is 1.79 bits per heavy atom. The molecule has 2 unspecified atom stereocenters. The van der Waals surface area contributed by atoms with Gasteiger partial charge in [0.15, 0.2) is 5.65 Å². The monoisotopic (exact) mass is 1120 g/mol. The molecule has 1 fully saturated rings. The summed E-state index contributed by atoms with van der Waals surface area (Å²) in [6.45, 7) is 1.25. The summed E-state index contributed by atoms with van der Waals surface area (Å²) in [5.41, 5.74) is 7.13. The summed E-state index contributed by atoms with van der Waals surface area (Å²) in [4.78, 5) is 69.9. The van der Waals surface area contributed by atoms with E-state index >= 15 is 0 Å². The summed E-state index contributed by atoms with van der Waals surface area (Å²) in [7, 11) is 7.33. The minimum atomic E-state index is -4.51. The zero-order chi connectivity index (χ0) is 57.8. The lowest BCUT2D eigenvalue weighted by atomic mass is 10.0. The molecule has 19 nitrogen and oxygen atoms in total. The van der Waals surface area contributed by atoms with Crippen molar-refractivity contribution in [2.24, 2.45) is 19.1 Å². The molecule has 1 aliphatic rings. The maximum Gasteiger partial charge on any atom is 0.408 e. The molecule has 0 spiro atoms. The van der Waals surface area contributed by atoms with Crippen LogP contribution in [0.1, 0.15) is 26.2 Å². The van der Waals surface area contributed by atoms with Gasteiger partial charge in [0.05, 0.1) is 70.2 Å². The minimum absolute atomic E-state index is 0.00859. The molecule has 2 amide bonds. The van der Waals surface area contributed by atoms with Gasteiger partial charge >= 0.3 is 23.7 Å². The van der Waals surface area contributed by atoms with Crippen LogP contribution < -0.4 is 22.0 Å². The summed E-state index contributed by atoms with van der Waals surface area (Å²) >= 11 is 0. The van der Waals surface area contributed by atoms with Crippen LogP contribution in [0.25, 0.3) is 77.6 Å². The predicted octanol–water partition coefficient (Wildman–Crippen LogP) is 7.79. The second-order valence-electron chi connectivity index (χ2n) is 19.2. The fourth-order valence-corrected chi connectivity index (χ4v) is 9.92. The van der Waals surface area contributed by atoms with Crippen LogP contribution >= 0.6 is 0 Å². The average molecular weight is 1120 g/mol. The van der Waals surface area contributed by atoms with E-state index < -0.39 is 67.1 Å². The Hall–Kier alpha value is -9.26. The molecular weight excluding hydrogens is 1060 g/mol. The Morgan fingerprint density at radius 2 is 1.25 bits per heavy atom. The Kier molecular flexibility index (Phi) is 16.5. The molecule has 7 aromatic heterocycles. The average Bonchev–Trinajstić information content (AvgIpc) is 4.01. The van der Waals surface area contributed by atoms with Gasteiger partial charge in [0, 0.05) is 87.0 Å². The van der Waals surface area contributed by atoms with Gasteiger partial charge in [-0.15, -0.1) is 0 Å². The van der Waals surface area contributed by atoms with Gasteiger partial charge < -0.3 is 15.5 Å². The second kappa shape index (κ2) is 23.6. The molecule has 1 saturated heterocycles. The SMILES string of the molecule is CC(CC(F)(F)F)NC(=O)Cn1c(=O)n(-c2ccc(-c3cncc4c3cnn4C)cc2)c2ccccc21.CN=CCNC.Cn1ncc2c(-c3ccc(-n4c(=O)n(CC(=O)N5CCCC5C(F)(F)F)c5cccnc54)cc3)cncc21. The maximum absolute atomic E-state index is 13.5.